The van der Waals surface area contributed by atoms with Gasteiger partial charge in [0.2, 0.25) is 5.91 Å². The highest BCUT2D eigenvalue weighted by atomic mass is 16.6. The summed E-state index contributed by atoms with van der Waals surface area (Å²) >= 11 is 0. The molecule has 25 heavy (non-hydrogen) atoms. The number of aryl methyl sites for hydroxylation is 2. The number of amides is 1. The summed E-state index contributed by atoms with van der Waals surface area (Å²) in [5, 5.41) is 0. The van der Waals surface area contributed by atoms with E-state index >= 15 is 0 Å². The van der Waals surface area contributed by atoms with Crippen molar-refractivity contribution in [1.82, 2.24) is 14.9 Å². The molecular formula is C18H21N3O4. The fraction of sp³-hybridized carbons (Fsp3) is 0.389. The lowest BCUT2D eigenvalue weighted by atomic mass is 10.1. The van der Waals surface area contributed by atoms with E-state index in [1.165, 1.54) is 0 Å². The number of benzene rings is 1. The zero-order chi connectivity index (χ0) is 18.0. The summed E-state index contributed by atoms with van der Waals surface area (Å²) in [6, 6.07) is 7.44. The van der Waals surface area contributed by atoms with Gasteiger partial charge in [-0.25, -0.2) is 4.98 Å². The summed E-state index contributed by atoms with van der Waals surface area (Å²) < 4.78 is 11.5. The largest absolute Gasteiger partial charge is 0.486 e. The fourth-order valence-corrected chi connectivity index (χ4v) is 2.81. The molecule has 1 aromatic carbocycles. The third kappa shape index (κ3) is 3.81. The first-order valence-electron chi connectivity index (χ1n) is 8.13. The number of likely N-dealkylation sites (N-methyl/N-ethyl adjacent to an activating group) is 1. The van der Waals surface area contributed by atoms with Gasteiger partial charge in [0.05, 0.1) is 13.0 Å². The molecule has 0 bridgehead atoms. The standard InChI is InChI=1S/C18H21N3O4/c1-11-14(18(23)20-12(2)19-11)8-17(22)21(3)9-13-10-24-15-6-4-5-7-16(15)25-13/h4-7,13H,8-10H2,1-3H3,(H,19,20,23). The highest BCUT2D eigenvalue weighted by Gasteiger charge is 2.24. The van der Waals surface area contributed by atoms with Gasteiger partial charge in [0, 0.05) is 18.3 Å². The maximum atomic E-state index is 12.5. The quantitative estimate of drug-likeness (QED) is 0.902. The topological polar surface area (TPSA) is 84.5 Å². The highest BCUT2D eigenvalue weighted by molar-refractivity contribution is 5.78. The molecule has 1 amide bonds. The lowest BCUT2D eigenvalue weighted by molar-refractivity contribution is -0.130. The molecule has 1 atom stereocenters. The molecule has 2 aromatic rings. The molecule has 3 rings (SSSR count). The Bertz CT molecular complexity index is 846. The van der Waals surface area contributed by atoms with Crippen molar-refractivity contribution < 1.29 is 14.3 Å². The predicted octanol–water partition coefficient (Wildman–Crippen LogP) is 1.23. The van der Waals surface area contributed by atoms with Crippen LogP contribution in [0.4, 0.5) is 0 Å². The van der Waals surface area contributed by atoms with Gasteiger partial charge in [0.15, 0.2) is 17.6 Å². The van der Waals surface area contributed by atoms with Gasteiger partial charge in [-0.3, -0.25) is 9.59 Å². The molecule has 1 aromatic heterocycles. The van der Waals surface area contributed by atoms with E-state index in [9.17, 15) is 9.59 Å². The number of nitrogens with zero attached hydrogens (tertiary/aromatic N) is 2. The monoisotopic (exact) mass is 343 g/mol. The molecule has 7 heteroatoms. The van der Waals surface area contributed by atoms with Crippen LogP contribution in [-0.2, 0) is 11.2 Å². The number of H-pyrrole nitrogens is 1. The Morgan fingerprint density at radius 3 is 2.76 bits per heavy atom. The van der Waals surface area contributed by atoms with E-state index in [0.29, 0.717) is 41.7 Å². The maximum Gasteiger partial charge on any atom is 0.254 e. The summed E-state index contributed by atoms with van der Waals surface area (Å²) in [4.78, 5) is 32.9. The van der Waals surface area contributed by atoms with Gasteiger partial charge >= 0.3 is 0 Å². The van der Waals surface area contributed by atoms with Crippen molar-refractivity contribution in [3.8, 4) is 11.5 Å². The van der Waals surface area contributed by atoms with Gasteiger partial charge in [0.1, 0.15) is 12.4 Å². The van der Waals surface area contributed by atoms with E-state index in [0.717, 1.165) is 0 Å². The average molecular weight is 343 g/mol. The van der Waals surface area contributed by atoms with Crippen molar-refractivity contribution in [3.05, 3.63) is 51.7 Å². The van der Waals surface area contributed by atoms with E-state index in [1.807, 2.05) is 24.3 Å². The molecule has 0 aliphatic carbocycles. The number of para-hydroxylation sites is 2. The molecular weight excluding hydrogens is 322 g/mol. The zero-order valence-electron chi connectivity index (χ0n) is 14.5. The van der Waals surface area contributed by atoms with E-state index in [1.54, 1.807) is 25.8 Å². The Balaban J connectivity index is 1.63. The van der Waals surface area contributed by atoms with Gasteiger partial charge in [-0.05, 0) is 26.0 Å². The predicted molar refractivity (Wildman–Crippen MR) is 92.0 cm³/mol. The second-order valence-corrected chi connectivity index (χ2v) is 6.16. The Kier molecular flexibility index (Phi) is 4.74. The van der Waals surface area contributed by atoms with Crippen LogP contribution in [0.5, 0.6) is 11.5 Å². The molecule has 7 nitrogen and oxygen atoms in total. The molecule has 1 aliphatic heterocycles. The van der Waals surface area contributed by atoms with E-state index in [2.05, 4.69) is 9.97 Å². The number of aromatic amines is 1. The summed E-state index contributed by atoms with van der Waals surface area (Å²) in [7, 11) is 1.69. The van der Waals surface area contributed by atoms with E-state index < -0.39 is 0 Å². The Labute approximate surface area is 145 Å². The van der Waals surface area contributed by atoms with Crippen molar-refractivity contribution >= 4 is 5.91 Å². The second-order valence-electron chi connectivity index (χ2n) is 6.16. The van der Waals surface area contributed by atoms with Crippen molar-refractivity contribution in [1.29, 1.82) is 0 Å². The minimum Gasteiger partial charge on any atom is -0.486 e. The van der Waals surface area contributed by atoms with Gasteiger partial charge in [0.25, 0.3) is 5.56 Å². The number of rotatable bonds is 4. The molecule has 2 heterocycles. The van der Waals surface area contributed by atoms with Crippen molar-refractivity contribution in [2.75, 3.05) is 20.2 Å². The first-order chi connectivity index (χ1) is 11.9. The lowest BCUT2D eigenvalue weighted by Gasteiger charge is -2.29. The summed E-state index contributed by atoms with van der Waals surface area (Å²) in [6.45, 7) is 4.20. The summed E-state index contributed by atoms with van der Waals surface area (Å²) in [5.41, 5.74) is 0.709. The normalized spacial score (nSPS) is 15.7. The number of nitrogens with one attached hydrogen (secondary N) is 1. The van der Waals surface area contributed by atoms with Crippen LogP contribution >= 0.6 is 0 Å². The van der Waals surface area contributed by atoms with Crippen LogP contribution in [0.3, 0.4) is 0 Å². The molecule has 0 saturated carbocycles. The summed E-state index contributed by atoms with van der Waals surface area (Å²) in [6.07, 6.45) is -0.242. The molecule has 1 aliphatic rings. The first-order valence-corrected chi connectivity index (χ1v) is 8.13. The van der Waals surface area contributed by atoms with Crippen LogP contribution in [0.2, 0.25) is 0 Å². The third-order valence-corrected chi connectivity index (χ3v) is 4.14. The molecule has 0 saturated heterocycles. The zero-order valence-corrected chi connectivity index (χ0v) is 14.5. The lowest BCUT2D eigenvalue weighted by Crippen LogP contribution is -2.42. The van der Waals surface area contributed by atoms with Crippen LogP contribution in [0.1, 0.15) is 17.1 Å². The summed E-state index contributed by atoms with van der Waals surface area (Å²) in [5.74, 6) is 1.76. The Morgan fingerprint density at radius 1 is 1.32 bits per heavy atom. The molecule has 1 N–H and O–H groups in total. The van der Waals surface area contributed by atoms with Crippen molar-refractivity contribution in [2.24, 2.45) is 0 Å². The molecule has 132 valence electrons. The third-order valence-electron chi connectivity index (χ3n) is 4.14. The number of carbonyl (C=O) groups is 1. The average Bonchev–Trinajstić information content (AvgIpc) is 2.57. The molecule has 0 spiro atoms. The minimum atomic E-state index is -0.266. The number of aromatic nitrogens is 2. The Hall–Kier alpha value is -2.83. The van der Waals surface area contributed by atoms with Crippen LogP contribution in [0.15, 0.2) is 29.1 Å². The number of fused-ring (bicyclic) bond motifs is 1. The number of hydrogen-bond acceptors (Lipinski definition) is 5. The number of carbonyl (C=O) groups excluding carboxylic acids is 1. The Morgan fingerprint density at radius 2 is 2.04 bits per heavy atom. The number of ether oxygens (including phenoxy) is 2. The van der Waals surface area contributed by atoms with E-state index in [-0.39, 0.29) is 24.0 Å². The van der Waals surface area contributed by atoms with Crippen LogP contribution in [0, 0.1) is 13.8 Å². The molecule has 0 fully saturated rings. The molecule has 1 unspecified atom stereocenters. The van der Waals surface area contributed by atoms with E-state index in [4.69, 9.17) is 9.47 Å². The van der Waals surface area contributed by atoms with Gasteiger partial charge in [-0.2, -0.15) is 0 Å². The first kappa shape index (κ1) is 17.0. The van der Waals surface area contributed by atoms with Crippen molar-refractivity contribution in [3.63, 3.8) is 0 Å². The smallest absolute Gasteiger partial charge is 0.254 e. The van der Waals surface area contributed by atoms with Gasteiger partial charge < -0.3 is 19.4 Å². The maximum absolute atomic E-state index is 12.5. The van der Waals surface area contributed by atoms with Crippen LogP contribution in [-0.4, -0.2) is 47.1 Å². The second kappa shape index (κ2) is 6.96. The van der Waals surface area contributed by atoms with Gasteiger partial charge in [-0.1, -0.05) is 12.1 Å². The van der Waals surface area contributed by atoms with Crippen LogP contribution in [0.25, 0.3) is 0 Å². The fourth-order valence-electron chi connectivity index (χ4n) is 2.81. The number of hydrogen-bond donors (Lipinski definition) is 1. The highest BCUT2D eigenvalue weighted by Crippen LogP contribution is 2.30. The van der Waals surface area contributed by atoms with Crippen molar-refractivity contribution in [2.45, 2.75) is 26.4 Å². The minimum absolute atomic E-state index is 0.00904. The molecule has 0 radical (unpaired) electrons. The van der Waals surface area contributed by atoms with Gasteiger partial charge in [-0.15, -0.1) is 0 Å². The van der Waals surface area contributed by atoms with Crippen LogP contribution < -0.4 is 15.0 Å². The SMILES string of the molecule is Cc1nc(C)c(CC(=O)N(C)CC2COc3ccccc3O2)c(=O)[nH]1.